The number of benzene rings is 1. The minimum atomic E-state index is -0.716. The highest BCUT2D eigenvalue weighted by Gasteiger charge is 2.18. The van der Waals surface area contributed by atoms with Gasteiger partial charge >= 0.3 is 5.97 Å². The van der Waals surface area contributed by atoms with Crippen LogP contribution >= 0.6 is 0 Å². The van der Waals surface area contributed by atoms with Crippen LogP contribution < -0.4 is 0 Å². The predicted octanol–water partition coefficient (Wildman–Crippen LogP) is 1.37. The summed E-state index contributed by atoms with van der Waals surface area (Å²) in [7, 11) is 0. The fourth-order valence-corrected chi connectivity index (χ4v) is 1.28. The standard InChI is InChI=1S/C11H10FNO3/c1-2-16-11(15)7-3-4-10(12)9(6-14)8(7)5-13/h3-4,14H,2,6H2,1H3. The second kappa shape index (κ2) is 5.24. The lowest BCUT2D eigenvalue weighted by Crippen LogP contribution is -2.10. The van der Waals surface area contributed by atoms with Gasteiger partial charge < -0.3 is 9.84 Å². The molecule has 0 aliphatic carbocycles. The van der Waals surface area contributed by atoms with Crippen LogP contribution in [0.5, 0.6) is 0 Å². The van der Waals surface area contributed by atoms with Crippen LogP contribution in [0.4, 0.5) is 4.39 Å². The molecule has 0 aromatic heterocycles. The average molecular weight is 223 g/mol. The van der Waals surface area contributed by atoms with Gasteiger partial charge in [-0.15, -0.1) is 0 Å². The van der Waals surface area contributed by atoms with Gasteiger partial charge in [-0.25, -0.2) is 9.18 Å². The minimum Gasteiger partial charge on any atom is -0.462 e. The molecule has 5 heteroatoms. The first-order valence-electron chi connectivity index (χ1n) is 4.65. The van der Waals surface area contributed by atoms with E-state index in [1.54, 1.807) is 13.0 Å². The van der Waals surface area contributed by atoms with E-state index in [0.29, 0.717) is 0 Å². The van der Waals surface area contributed by atoms with Crippen molar-refractivity contribution in [2.75, 3.05) is 6.61 Å². The van der Waals surface area contributed by atoms with Crippen LogP contribution in [0.3, 0.4) is 0 Å². The van der Waals surface area contributed by atoms with E-state index in [9.17, 15) is 9.18 Å². The Morgan fingerprint density at radius 3 is 2.81 bits per heavy atom. The van der Waals surface area contributed by atoms with Gasteiger partial charge in [0.15, 0.2) is 0 Å². The number of aliphatic hydroxyl groups is 1. The van der Waals surface area contributed by atoms with Crippen molar-refractivity contribution >= 4 is 5.97 Å². The summed E-state index contributed by atoms with van der Waals surface area (Å²) >= 11 is 0. The molecule has 84 valence electrons. The zero-order chi connectivity index (χ0) is 12.1. The zero-order valence-electron chi connectivity index (χ0n) is 8.66. The number of nitrogens with zero attached hydrogens (tertiary/aromatic N) is 1. The molecular weight excluding hydrogens is 213 g/mol. The number of halogens is 1. The number of hydrogen-bond donors (Lipinski definition) is 1. The van der Waals surface area contributed by atoms with Crippen molar-refractivity contribution in [1.29, 1.82) is 5.26 Å². The number of esters is 1. The molecule has 0 saturated carbocycles. The molecule has 0 heterocycles. The van der Waals surface area contributed by atoms with Gasteiger partial charge in [-0.1, -0.05) is 0 Å². The van der Waals surface area contributed by atoms with Gasteiger partial charge in [0.1, 0.15) is 11.9 Å². The van der Waals surface area contributed by atoms with Crippen LogP contribution in [0.25, 0.3) is 0 Å². The molecule has 0 saturated heterocycles. The van der Waals surface area contributed by atoms with E-state index in [1.165, 1.54) is 6.07 Å². The lowest BCUT2D eigenvalue weighted by Gasteiger charge is -2.07. The van der Waals surface area contributed by atoms with Gasteiger partial charge in [-0.3, -0.25) is 0 Å². The number of nitriles is 1. The Morgan fingerprint density at radius 1 is 1.62 bits per heavy atom. The lowest BCUT2D eigenvalue weighted by atomic mass is 10.0. The number of ether oxygens (including phenoxy) is 1. The second-order valence-electron chi connectivity index (χ2n) is 2.94. The Hall–Kier alpha value is -1.93. The predicted molar refractivity (Wildman–Crippen MR) is 53.0 cm³/mol. The van der Waals surface area contributed by atoms with Crippen molar-refractivity contribution in [2.45, 2.75) is 13.5 Å². The minimum absolute atomic E-state index is 0.0326. The summed E-state index contributed by atoms with van der Waals surface area (Å²) in [5.41, 5.74) is -0.399. The summed E-state index contributed by atoms with van der Waals surface area (Å²) in [6.07, 6.45) is 0. The second-order valence-corrected chi connectivity index (χ2v) is 2.94. The van der Waals surface area contributed by atoms with Crippen LogP contribution in [0, 0.1) is 17.1 Å². The summed E-state index contributed by atoms with van der Waals surface area (Å²) in [5, 5.41) is 17.8. The fourth-order valence-electron chi connectivity index (χ4n) is 1.28. The molecule has 0 aliphatic heterocycles. The van der Waals surface area contributed by atoms with E-state index in [4.69, 9.17) is 15.1 Å². The normalized spacial score (nSPS) is 9.62. The van der Waals surface area contributed by atoms with E-state index in [1.807, 2.05) is 0 Å². The molecule has 0 atom stereocenters. The molecule has 1 N–H and O–H groups in total. The average Bonchev–Trinajstić information content (AvgIpc) is 2.28. The number of hydrogen-bond acceptors (Lipinski definition) is 4. The van der Waals surface area contributed by atoms with Crippen LogP contribution in [0.1, 0.15) is 28.4 Å². The van der Waals surface area contributed by atoms with Gasteiger partial charge in [0, 0.05) is 5.56 Å². The number of carbonyl (C=O) groups is 1. The third-order valence-electron chi connectivity index (χ3n) is 2.02. The maximum atomic E-state index is 13.2. The largest absolute Gasteiger partial charge is 0.462 e. The first-order valence-corrected chi connectivity index (χ1v) is 4.65. The maximum Gasteiger partial charge on any atom is 0.339 e. The van der Waals surface area contributed by atoms with Gasteiger partial charge in [-0.2, -0.15) is 5.26 Å². The van der Waals surface area contributed by atoms with E-state index >= 15 is 0 Å². The molecule has 0 fully saturated rings. The number of carbonyl (C=O) groups excluding carboxylic acids is 1. The molecule has 0 unspecified atom stereocenters. The highest BCUT2D eigenvalue weighted by Crippen LogP contribution is 2.18. The van der Waals surface area contributed by atoms with Crippen LogP contribution in [0.2, 0.25) is 0 Å². The maximum absolute atomic E-state index is 13.2. The third kappa shape index (κ3) is 2.18. The van der Waals surface area contributed by atoms with E-state index in [-0.39, 0.29) is 23.3 Å². The molecule has 1 rings (SSSR count). The Balaban J connectivity index is 3.31. The lowest BCUT2D eigenvalue weighted by molar-refractivity contribution is 0.0525. The topological polar surface area (TPSA) is 70.3 Å². The number of rotatable bonds is 3. The quantitative estimate of drug-likeness (QED) is 0.785. The smallest absolute Gasteiger partial charge is 0.339 e. The van der Waals surface area contributed by atoms with Gasteiger partial charge in [0.2, 0.25) is 0 Å². The summed E-state index contributed by atoms with van der Waals surface area (Å²) < 4.78 is 17.9. The van der Waals surface area contributed by atoms with Crippen LogP contribution in [0.15, 0.2) is 12.1 Å². The van der Waals surface area contributed by atoms with Gasteiger partial charge in [-0.05, 0) is 19.1 Å². The van der Waals surface area contributed by atoms with Crippen LogP contribution in [-0.2, 0) is 11.3 Å². The van der Waals surface area contributed by atoms with Crippen LogP contribution in [-0.4, -0.2) is 17.7 Å². The first-order chi connectivity index (χ1) is 7.65. The third-order valence-corrected chi connectivity index (χ3v) is 2.02. The fraction of sp³-hybridized carbons (Fsp3) is 0.273. The summed E-state index contributed by atoms with van der Waals surface area (Å²) in [4.78, 5) is 11.4. The molecule has 0 radical (unpaired) electrons. The van der Waals surface area contributed by atoms with Crippen molar-refractivity contribution in [3.63, 3.8) is 0 Å². The van der Waals surface area contributed by atoms with Gasteiger partial charge in [0.05, 0.1) is 24.3 Å². The van der Waals surface area contributed by atoms with E-state index < -0.39 is 18.4 Å². The molecule has 0 aliphatic rings. The van der Waals surface area contributed by atoms with Crippen molar-refractivity contribution in [3.8, 4) is 6.07 Å². The Labute approximate surface area is 91.9 Å². The molecule has 0 spiro atoms. The molecule has 1 aromatic carbocycles. The van der Waals surface area contributed by atoms with Crippen molar-refractivity contribution < 1.29 is 19.0 Å². The Bertz CT molecular complexity index is 451. The van der Waals surface area contributed by atoms with Crippen molar-refractivity contribution in [3.05, 3.63) is 34.6 Å². The highest BCUT2D eigenvalue weighted by atomic mass is 19.1. The molecular formula is C11H10FNO3. The summed E-state index contributed by atoms with van der Waals surface area (Å²) in [6.45, 7) is 1.15. The number of aliphatic hydroxyl groups excluding tert-OH is 1. The van der Waals surface area contributed by atoms with E-state index in [0.717, 1.165) is 6.07 Å². The van der Waals surface area contributed by atoms with Crippen molar-refractivity contribution in [2.24, 2.45) is 0 Å². The molecule has 16 heavy (non-hydrogen) atoms. The monoisotopic (exact) mass is 223 g/mol. The van der Waals surface area contributed by atoms with E-state index in [2.05, 4.69) is 0 Å². The zero-order valence-corrected chi connectivity index (χ0v) is 8.66. The van der Waals surface area contributed by atoms with Gasteiger partial charge in [0.25, 0.3) is 0 Å². The molecule has 0 amide bonds. The Kier molecular flexibility index (Phi) is 3.97. The molecule has 4 nitrogen and oxygen atoms in total. The molecule has 1 aromatic rings. The summed E-state index contributed by atoms with van der Waals surface area (Å²) in [5.74, 6) is -1.42. The SMILES string of the molecule is CCOC(=O)c1ccc(F)c(CO)c1C#N. The first kappa shape index (κ1) is 12.1. The summed E-state index contributed by atoms with van der Waals surface area (Å²) in [6, 6.07) is 3.89. The highest BCUT2D eigenvalue weighted by molar-refractivity contribution is 5.92. The van der Waals surface area contributed by atoms with Crippen molar-refractivity contribution in [1.82, 2.24) is 0 Å². The molecule has 0 bridgehead atoms. The Morgan fingerprint density at radius 2 is 2.31 bits per heavy atom.